The normalized spacial score (nSPS) is 14.9. The molecular formula is C84H95Cl2F4N19O11. The Hall–Kier alpha value is -12.0. The Morgan fingerprint density at radius 1 is 0.467 bits per heavy atom. The summed E-state index contributed by atoms with van der Waals surface area (Å²) < 4.78 is 79.2. The van der Waals surface area contributed by atoms with Crippen LogP contribution in [0, 0.1) is 49.0 Å². The maximum Gasteiger partial charge on any atom is 0.410 e. The molecule has 5 N–H and O–H groups in total. The number of nitrogens with one attached hydrogen (secondary N) is 3. The van der Waals surface area contributed by atoms with Crippen molar-refractivity contribution in [3.8, 4) is 44.8 Å². The zero-order valence-corrected chi connectivity index (χ0v) is 69.7. The van der Waals surface area contributed by atoms with Gasteiger partial charge in [0.1, 0.15) is 16.9 Å². The first-order valence-electron chi connectivity index (χ1n) is 39.4. The lowest BCUT2D eigenvalue weighted by Gasteiger charge is -2.38. The van der Waals surface area contributed by atoms with E-state index in [-0.39, 0.29) is 144 Å². The molecule has 9 heterocycles. The lowest BCUT2D eigenvalue weighted by Crippen LogP contribution is -2.53. The number of pyridine rings is 1. The quantitative estimate of drug-likeness (QED) is 0.0580. The molecule has 0 unspecified atom stereocenters. The first kappa shape index (κ1) is 87.3. The average molecular weight is 1690 g/mol. The fourth-order valence-corrected chi connectivity index (χ4v) is 15.3. The predicted molar refractivity (Wildman–Crippen MR) is 440 cm³/mol. The van der Waals surface area contributed by atoms with Crippen LogP contribution in [0.25, 0.3) is 44.8 Å². The second-order valence-electron chi connectivity index (χ2n) is 31.6. The van der Waals surface area contributed by atoms with Gasteiger partial charge < -0.3 is 69.7 Å². The minimum Gasteiger partial charge on any atom is -0.444 e. The second kappa shape index (κ2) is 37.1. The van der Waals surface area contributed by atoms with E-state index < -0.39 is 46.3 Å². The van der Waals surface area contributed by atoms with Crippen LogP contribution in [0.2, 0.25) is 10.0 Å². The smallest absolute Gasteiger partial charge is 0.410 e. The van der Waals surface area contributed by atoms with E-state index in [2.05, 4.69) is 41.1 Å². The molecule has 4 saturated heterocycles. The molecule has 0 atom stereocenters. The Morgan fingerprint density at radius 3 is 1.23 bits per heavy atom. The number of piperidine rings is 2. The highest BCUT2D eigenvalue weighted by molar-refractivity contribution is 6.34. The molecular weight excluding hydrogens is 1600 g/mol. The molecule has 4 fully saturated rings. The van der Waals surface area contributed by atoms with Crippen molar-refractivity contribution in [1.29, 1.82) is 0 Å². The molecule has 13 rings (SSSR count). The van der Waals surface area contributed by atoms with Crippen LogP contribution in [0.1, 0.15) is 131 Å². The van der Waals surface area contributed by atoms with Gasteiger partial charge in [-0.1, -0.05) is 41.4 Å². The summed E-state index contributed by atoms with van der Waals surface area (Å²) in [7, 11) is 3.02. The number of hydrogen-bond donors (Lipinski definition) is 4. The van der Waals surface area contributed by atoms with Crippen molar-refractivity contribution in [3.63, 3.8) is 0 Å². The van der Waals surface area contributed by atoms with Gasteiger partial charge in [-0.05, 0) is 142 Å². The molecule has 0 saturated carbocycles. The van der Waals surface area contributed by atoms with Gasteiger partial charge in [-0.2, -0.15) is 10.2 Å². The molecule has 9 aromatic rings. The van der Waals surface area contributed by atoms with Crippen LogP contribution in [0.15, 0.2) is 110 Å². The number of aromatic nitrogens is 9. The molecule has 4 aliphatic rings. The van der Waals surface area contributed by atoms with Crippen molar-refractivity contribution in [2.45, 2.75) is 105 Å². The minimum atomic E-state index is -1.14. The number of imidazole rings is 2. The highest BCUT2D eigenvalue weighted by atomic mass is 35.5. The van der Waals surface area contributed by atoms with Gasteiger partial charge in [-0.25, -0.2) is 37.1 Å². The SMILES string of the molecule is Cc1c(-c2ccc(-c3cnc(C(=O)Nc4ccc(C(=O)N5CCN(C(=O)C6CCN(C(=O)OC(C)(C)C)CC6)CC5)c(Cl)c4)n3C)c(F)c2F)cnn1CCN.Cc1c(-c2ccc(-c3cnc(C(=O)Nc4ccc(C(=O)N5CCN(C(=O)C6CCN(C(=O)OC(C)(C)C)CC6)CC5)c(Cl)c4)n3C)c(F)c2F)cnn1CCNC(=O)c1ccccn1. The summed E-state index contributed by atoms with van der Waals surface area (Å²) in [6, 6.07) is 19.7. The van der Waals surface area contributed by atoms with E-state index in [1.165, 1.54) is 115 Å². The van der Waals surface area contributed by atoms with Gasteiger partial charge in [0.2, 0.25) is 11.8 Å². The summed E-state index contributed by atoms with van der Waals surface area (Å²) >= 11 is 13.1. The van der Waals surface area contributed by atoms with Gasteiger partial charge in [-0.3, -0.25) is 47.9 Å². The molecule has 30 nitrogen and oxygen atoms in total. The van der Waals surface area contributed by atoms with E-state index in [1.54, 1.807) is 70.8 Å². The van der Waals surface area contributed by atoms with Crippen LogP contribution in [-0.2, 0) is 46.2 Å². The minimum absolute atomic E-state index is 0.00994. The van der Waals surface area contributed by atoms with E-state index in [4.69, 9.17) is 38.4 Å². The van der Waals surface area contributed by atoms with E-state index in [0.29, 0.717) is 146 Å². The Morgan fingerprint density at radius 2 is 0.850 bits per heavy atom. The number of rotatable bonds is 18. The number of hydrogen-bond acceptors (Lipinski definition) is 17. The number of likely N-dealkylation sites (tertiary alicyclic amines) is 2. The first-order valence-corrected chi connectivity index (χ1v) is 40.1. The summed E-state index contributed by atoms with van der Waals surface area (Å²) in [5.41, 5.74) is 7.94. The van der Waals surface area contributed by atoms with E-state index in [0.717, 1.165) is 0 Å². The summed E-state index contributed by atoms with van der Waals surface area (Å²) in [6.07, 6.45) is 8.41. The second-order valence-corrected chi connectivity index (χ2v) is 32.5. The topological polar surface area (TPSA) is 338 Å². The fraction of sp³-hybridized carbons (Fsp3) is 0.405. The molecule has 36 heteroatoms. The Balaban J connectivity index is 0.000000222. The van der Waals surface area contributed by atoms with Crippen molar-refractivity contribution < 1.29 is 70.2 Å². The molecule has 0 radical (unpaired) electrons. The largest absolute Gasteiger partial charge is 0.444 e. The number of carbonyl (C=O) groups is 9. The third kappa shape index (κ3) is 19.8. The van der Waals surface area contributed by atoms with Crippen molar-refractivity contribution in [3.05, 3.63) is 183 Å². The summed E-state index contributed by atoms with van der Waals surface area (Å²) in [5, 5.41) is 16.9. The van der Waals surface area contributed by atoms with Crippen molar-refractivity contribution in [2.75, 3.05) is 102 Å². The lowest BCUT2D eigenvalue weighted by atomic mass is 9.95. The van der Waals surface area contributed by atoms with Gasteiger partial charge in [0.15, 0.2) is 34.9 Å². The number of amides is 9. The van der Waals surface area contributed by atoms with Crippen LogP contribution in [0.4, 0.5) is 38.5 Å². The van der Waals surface area contributed by atoms with Crippen molar-refractivity contribution in [1.82, 2.24) is 78.4 Å². The molecule has 5 aromatic heterocycles. The van der Waals surface area contributed by atoms with Crippen LogP contribution in [0.3, 0.4) is 0 Å². The summed E-state index contributed by atoms with van der Waals surface area (Å²) in [6.45, 7) is 20.2. The van der Waals surface area contributed by atoms with Gasteiger partial charge in [0.25, 0.3) is 29.5 Å². The van der Waals surface area contributed by atoms with Crippen LogP contribution in [-0.4, -0.2) is 229 Å². The summed E-state index contributed by atoms with van der Waals surface area (Å²) in [4.78, 5) is 140. The number of anilines is 2. The number of carbonyl (C=O) groups excluding carboxylic acids is 9. The standard InChI is InChI=1S/C45H49ClF2N10O6.C39H46ClF2N9O5/c1-27-33(25-52-58(27)19-16-50-40(59)35-8-6-7-15-49-35)30-11-12-32(38(48)37(30)47)36-26-51-39(54(36)5)41(60)53-29-9-10-31(34(46)24-29)43(62)56-22-20-55(21-23-56)42(61)28-13-17-57(18-14-28)44(63)64-45(2,3)4;1-23-29(21-45-51(23)15-12-43)26-8-9-28(33(42)32(26)41)31-22-44-34(47(31)5)35(52)46-25-6-7-27(30(40)20-25)37(54)49-18-16-48(17-19-49)36(53)24-10-13-50(14-11-24)38(55)56-39(2,3)4/h6-12,15,24-26,28H,13-14,16-23H2,1-5H3,(H,50,59)(H,53,60);6-9,20-22,24H,10-19,43H2,1-5H3,(H,46,52). The molecule has 0 spiro atoms. The fourth-order valence-electron chi connectivity index (χ4n) is 14.8. The Bertz CT molecular complexity index is 5380. The zero-order chi connectivity index (χ0) is 86.3. The van der Waals surface area contributed by atoms with E-state index >= 15 is 17.6 Å². The van der Waals surface area contributed by atoms with Crippen LogP contribution < -0.4 is 21.7 Å². The average Bonchev–Trinajstić information content (AvgIpc) is 1.60. The van der Waals surface area contributed by atoms with Crippen LogP contribution >= 0.6 is 23.2 Å². The molecule has 120 heavy (non-hydrogen) atoms. The maximum absolute atomic E-state index is 15.8. The van der Waals surface area contributed by atoms with Crippen LogP contribution in [0.5, 0.6) is 0 Å². The Labute approximate surface area is 700 Å². The molecule has 634 valence electrons. The van der Waals surface area contributed by atoms with E-state index in [9.17, 15) is 43.2 Å². The number of benzene rings is 4. The Kier molecular flexibility index (Phi) is 27.0. The van der Waals surface area contributed by atoms with Gasteiger partial charge in [0.05, 0.1) is 70.4 Å². The third-order valence-corrected chi connectivity index (χ3v) is 22.0. The molecule has 0 bridgehead atoms. The monoisotopic (exact) mass is 1690 g/mol. The molecule has 4 aromatic carbocycles. The third-order valence-electron chi connectivity index (χ3n) is 21.4. The highest BCUT2D eigenvalue weighted by Crippen LogP contribution is 2.37. The lowest BCUT2D eigenvalue weighted by molar-refractivity contribution is -0.139. The highest BCUT2D eigenvalue weighted by Gasteiger charge is 2.38. The number of halogens is 6. The van der Waals surface area contributed by atoms with Crippen molar-refractivity contribution in [2.24, 2.45) is 31.7 Å². The van der Waals surface area contributed by atoms with Gasteiger partial charge in [0, 0.05) is 180 Å². The molecule has 0 aliphatic carbocycles. The molecule has 4 aliphatic heterocycles. The first-order chi connectivity index (χ1) is 57.1. The van der Waals surface area contributed by atoms with Gasteiger partial charge >= 0.3 is 12.2 Å². The zero-order valence-electron chi connectivity index (χ0n) is 68.2. The number of nitrogens with zero attached hydrogens (tertiary/aromatic N) is 15. The maximum atomic E-state index is 15.8. The van der Waals surface area contributed by atoms with Gasteiger partial charge in [-0.15, -0.1) is 0 Å². The predicted octanol–water partition coefficient (Wildman–Crippen LogP) is 11.5. The summed E-state index contributed by atoms with van der Waals surface area (Å²) in [5.74, 6) is -7.20. The van der Waals surface area contributed by atoms with Crippen molar-refractivity contribution >= 4 is 88.1 Å². The number of nitrogens with two attached hydrogens (primary N) is 1. The molecule has 9 amide bonds. The number of ether oxygens (including phenoxy) is 2. The van der Waals surface area contributed by atoms with E-state index in [1.807, 2.05) is 41.5 Å². The number of piperazine rings is 2.